The number of rotatable bonds is 10. The molecular formula is C32H25F3N4O3. The SMILES string of the molecule is COCCn1c(Cc2c(F)cc(-c3cccnc3OCc3ccc(C#N)cc3F)cc2F)nc2ccc(C(C)=O)cc21. The van der Waals surface area contributed by atoms with Crippen molar-refractivity contribution >= 4 is 16.8 Å². The van der Waals surface area contributed by atoms with Gasteiger partial charge in [0.25, 0.3) is 0 Å². The van der Waals surface area contributed by atoms with Gasteiger partial charge in [0.05, 0.1) is 29.3 Å². The highest BCUT2D eigenvalue weighted by atomic mass is 19.1. The van der Waals surface area contributed by atoms with Crippen molar-refractivity contribution in [1.29, 1.82) is 5.26 Å². The molecule has 3 aromatic carbocycles. The molecule has 0 unspecified atom stereocenters. The van der Waals surface area contributed by atoms with Crippen LogP contribution in [-0.2, 0) is 24.3 Å². The zero-order chi connectivity index (χ0) is 29.8. The Morgan fingerprint density at radius 2 is 1.81 bits per heavy atom. The number of fused-ring (bicyclic) bond motifs is 1. The monoisotopic (exact) mass is 570 g/mol. The summed E-state index contributed by atoms with van der Waals surface area (Å²) in [5, 5.41) is 8.94. The highest BCUT2D eigenvalue weighted by Gasteiger charge is 2.20. The van der Waals surface area contributed by atoms with Crippen LogP contribution in [0.5, 0.6) is 5.88 Å². The zero-order valence-electron chi connectivity index (χ0n) is 22.8. The minimum absolute atomic E-state index is 0.0652. The van der Waals surface area contributed by atoms with Crippen molar-refractivity contribution in [3.05, 3.63) is 112 Å². The number of hydrogen-bond acceptors (Lipinski definition) is 6. The molecule has 42 heavy (non-hydrogen) atoms. The fourth-order valence-electron chi connectivity index (χ4n) is 4.65. The van der Waals surface area contributed by atoms with Crippen LogP contribution in [0.3, 0.4) is 0 Å². The Balaban J connectivity index is 1.45. The van der Waals surface area contributed by atoms with Crippen LogP contribution in [-0.4, -0.2) is 34.0 Å². The van der Waals surface area contributed by atoms with Crippen LogP contribution in [0.2, 0.25) is 0 Å². The van der Waals surface area contributed by atoms with E-state index >= 15 is 8.78 Å². The molecule has 0 aliphatic carbocycles. The first-order chi connectivity index (χ1) is 20.3. The Bertz CT molecular complexity index is 1820. The molecule has 7 nitrogen and oxygen atoms in total. The van der Waals surface area contributed by atoms with Gasteiger partial charge in [0.15, 0.2) is 5.78 Å². The summed E-state index contributed by atoms with van der Waals surface area (Å²) in [5.74, 6) is -1.80. The first-order valence-electron chi connectivity index (χ1n) is 13.0. The number of hydrogen-bond donors (Lipinski definition) is 0. The lowest BCUT2D eigenvalue weighted by Gasteiger charge is -2.13. The number of imidazole rings is 1. The number of methoxy groups -OCH3 is 1. The van der Waals surface area contributed by atoms with E-state index < -0.39 is 17.5 Å². The minimum atomic E-state index is -0.785. The molecule has 0 radical (unpaired) electrons. The van der Waals surface area contributed by atoms with Gasteiger partial charge >= 0.3 is 0 Å². The molecule has 0 N–H and O–H groups in total. The van der Waals surface area contributed by atoms with Gasteiger partial charge in [0, 0.05) is 48.5 Å². The van der Waals surface area contributed by atoms with Gasteiger partial charge in [-0.25, -0.2) is 23.1 Å². The molecule has 0 atom stereocenters. The smallest absolute Gasteiger partial charge is 0.221 e. The van der Waals surface area contributed by atoms with E-state index in [1.807, 2.05) is 6.07 Å². The van der Waals surface area contributed by atoms with E-state index in [4.69, 9.17) is 14.7 Å². The third-order valence-electron chi connectivity index (χ3n) is 6.86. The highest BCUT2D eigenvalue weighted by molar-refractivity contribution is 5.97. The van der Waals surface area contributed by atoms with Crippen LogP contribution in [0, 0.1) is 28.8 Å². The summed E-state index contributed by atoms with van der Waals surface area (Å²) in [5.41, 5.74) is 2.48. The minimum Gasteiger partial charge on any atom is -0.472 e. The second-order valence-corrected chi connectivity index (χ2v) is 9.59. The fraction of sp³-hybridized carbons (Fsp3) is 0.188. The first kappa shape index (κ1) is 28.5. The molecule has 5 aromatic rings. The fourth-order valence-corrected chi connectivity index (χ4v) is 4.65. The highest BCUT2D eigenvalue weighted by Crippen LogP contribution is 2.32. The van der Waals surface area contributed by atoms with Gasteiger partial charge in [-0.3, -0.25) is 4.79 Å². The van der Waals surface area contributed by atoms with Gasteiger partial charge in [0.2, 0.25) is 5.88 Å². The molecule has 2 heterocycles. The third kappa shape index (κ3) is 5.87. The lowest BCUT2D eigenvalue weighted by atomic mass is 10.0. The Hall–Kier alpha value is -5.01. The molecule has 0 saturated carbocycles. The van der Waals surface area contributed by atoms with Crippen LogP contribution in [0.4, 0.5) is 13.2 Å². The van der Waals surface area contributed by atoms with Gasteiger partial charge in [0.1, 0.15) is 29.9 Å². The number of nitriles is 1. The number of carbonyl (C=O) groups is 1. The molecule has 0 bridgehead atoms. The number of Topliss-reactive ketones (excluding diaryl/α,β-unsaturated/α-hetero) is 1. The Kier molecular flexibility index (Phi) is 8.31. The van der Waals surface area contributed by atoms with Crippen LogP contribution in [0.15, 0.2) is 66.9 Å². The summed E-state index contributed by atoms with van der Waals surface area (Å²) in [6.45, 7) is 1.98. The normalized spacial score (nSPS) is 11.0. The Morgan fingerprint density at radius 1 is 1.02 bits per heavy atom. The third-order valence-corrected chi connectivity index (χ3v) is 6.86. The standard InChI is InChI=1S/C32H25F3N4O3/c1-19(40)21-7-8-29-30(15-21)39(10-11-41-2)31(38-29)16-25-27(34)13-23(14-28(25)35)24-4-3-9-37-32(24)42-18-22-6-5-20(17-36)12-26(22)33/h3-9,12-15H,10-11,16,18H2,1-2H3. The van der Waals surface area contributed by atoms with Gasteiger partial charge in [-0.1, -0.05) is 6.07 Å². The molecule has 0 aliphatic heterocycles. The van der Waals surface area contributed by atoms with Gasteiger partial charge in [-0.05, 0) is 67.1 Å². The average Bonchev–Trinajstić information content (AvgIpc) is 3.33. The van der Waals surface area contributed by atoms with E-state index in [1.165, 1.54) is 37.4 Å². The summed E-state index contributed by atoms with van der Waals surface area (Å²) < 4.78 is 58.1. The largest absolute Gasteiger partial charge is 0.472 e. The number of aromatic nitrogens is 3. The number of halogens is 3. The predicted molar refractivity (Wildman–Crippen MR) is 149 cm³/mol. The maximum absolute atomic E-state index is 15.5. The van der Waals surface area contributed by atoms with Crippen LogP contribution < -0.4 is 4.74 Å². The molecule has 0 amide bonds. The summed E-state index contributed by atoms with van der Waals surface area (Å²) in [6, 6.07) is 16.6. The van der Waals surface area contributed by atoms with E-state index in [0.717, 1.165) is 6.07 Å². The molecule has 2 aromatic heterocycles. The second kappa shape index (κ2) is 12.2. The van der Waals surface area contributed by atoms with E-state index in [0.29, 0.717) is 41.1 Å². The molecule has 10 heteroatoms. The lowest BCUT2D eigenvalue weighted by Crippen LogP contribution is -2.10. The van der Waals surface area contributed by atoms with Crippen molar-refractivity contribution in [3.63, 3.8) is 0 Å². The number of benzene rings is 3. The van der Waals surface area contributed by atoms with Crippen molar-refractivity contribution < 1.29 is 27.4 Å². The van der Waals surface area contributed by atoms with Gasteiger partial charge in [-0.15, -0.1) is 0 Å². The van der Waals surface area contributed by atoms with Crippen LogP contribution in [0.25, 0.3) is 22.2 Å². The molecule has 0 fully saturated rings. The van der Waals surface area contributed by atoms with Crippen molar-refractivity contribution in [3.8, 4) is 23.1 Å². The molecule has 0 aliphatic rings. The maximum atomic E-state index is 15.5. The molecule has 212 valence electrons. The molecular weight excluding hydrogens is 545 g/mol. The molecule has 5 rings (SSSR count). The predicted octanol–water partition coefficient (Wildman–Crippen LogP) is 6.41. The van der Waals surface area contributed by atoms with Crippen molar-refractivity contribution in [1.82, 2.24) is 14.5 Å². The first-order valence-corrected chi connectivity index (χ1v) is 13.0. The summed E-state index contributed by atoms with van der Waals surface area (Å²) in [7, 11) is 1.55. The number of ether oxygens (including phenoxy) is 2. The van der Waals surface area contributed by atoms with Crippen molar-refractivity contribution in [2.75, 3.05) is 13.7 Å². The number of pyridine rings is 1. The number of carbonyl (C=O) groups excluding carboxylic acids is 1. The second-order valence-electron chi connectivity index (χ2n) is 9.59. The molecule has 0 saturated heterocycles. The summed E-state index contributed by atoms with van der Waals surface area (Å²) in [4.78, 5) is 20.7. The number of ketones is 1. The van der Waals surface area contributed by atoms with Crippen molar-refractivity contribution in [2.45, 2.75) is 26.5 Å². The zero-order valence-corrected chi connectivity index (χ0v) is 22.8. The van der Waals surface area contributed by atoms with E-state index in [1.54, 1.807) is 42.0 Å². The topological polar surface area (TPSA) is 90.0 Å². The Labute approximate surface area is 239 Å². The maximum Gasteiger partial charge on any atom is 0.221 e. The summed E-state index contributed by atoms with van der Waals surface area (Å²) >= 11 is 0. The van der Waals surface area contributed by atoms with Crippen molar-refractivity contribution in [2.24, 2.45) is 0 Å². The van der Waals surface area contributed by atoms with E-state index in [9.17, 15) is 9.18 Å². The lowest BCUT2D eigenvalue weighted by molar-refractivity contribution is 0.101. The van der Waals surface area contributed by atoms with E-state index in [-0.39, 0.29) is 46.9 Å². The van der Waals surface area contributed by atoms with Crippen LogP contribution >= 0.6 is 0 Å². The van der Waals surface area contributed by atoms with Crippen LogP contribution in [0.1, 0.15) is 39.8 Å². The van der Waals surface area contributed by atoms with Gasteiger partial charge < -0.3 is 14.0 Å². The number of nitrogens with zero attached hydrogens (tertiary/aromatic N) is 4. The molecule has 0 spiro atoms. The van der Waals surface area contributed by atoms with E-state index in [2.05, 4.69) is 9.97 Å². The summed E-state index contributed by atoms with van der Waals surface area (Å²) in [6.07, 6.45) is 1.32. The Morgan fingerprint density at radius 3 is 2.50 bits per heavy atom. The average molecular weight is 571 g/mol. The quantitative estimate of drug-likeness (QED) is 0.180. The van der Waals surface area contributed by atoms with Gasteiger partial charge in [-0.2, -0.15) is 5.26 Å².